The van der Waals surface area contributed by atoms with E-state index in [0.717, 1.165) is 46.9 Å². The molecule has 2 aliphatic carbocycles. The zero-order chi connectivity index (χ0) is 27.1. The zero-order valence-corrected chi connectivity index (χ0v) is 22.0. The van der Waals surface area contributed by atoms with Crippen molar-refractivity contribution in [2.45, 2.75) is 56.5 Å². The topological polar surface area (TPSA) is 117 Å². The quantitative estimate of drug-likeness (QED) is 0.548. The lowest BCUT2D eigenvalue weighted by Crippen LogP contribution is -2.54. The first-order valence-corrected chi connectivity index (χ1v) is 13.9. The molecular weight excluding hydrogens is 492 g/mol. The number of nitrogens with zero attached hydrogens (tertiary/aromatic N) is 2. The Hall–Kier alpha value is -3.94. The number of carbonyl (C=O) groups excluding carboxylic acids is 4. The molecule has 3 N–H and O–H groups in total. The van der Waals surface area contributed by atoms with Gasteiger partial charge in [-0.15, -0.1) is 0 Å². The van der Waals surface area contributed by atoms with Crippen LogP contribution in [0.3, 0.4) is 0 Å². The minimum Gasteiger partial charge on any atom is -0.368 e. The van der Waals surface area contributed by atoms with Gasteiger partial charge in [-0.2, -0.15) is 0 Å². The summed E-state index contributed by atoms with van der Waals surface area (Å²) in [7, 11) is 0. The first kappa shape index (κ1) is 24.1. The maximum absolute atomic E-state index is 14.4. The van der Waals surface area contributed by atoms with E-state index >= 15 is 0 Å². The van der Waals surface area contributed by atoms with Gasteiger partial charge in [0, 0.05) is 30.4 Å². The number of nitrogens with two attached hydrogens (primary N) is 1. The zero-order valence-electron chi connectivity index (χ0n) is 22.0. The van der Waals surface area contributed by atoms with E-state index in [1.165, 1.54) is 4.90 Å². The first-order chi connectivity index (χ1) is 18.8. The van der Waals surface area contributed by atoms with Crippen molar-refractivity contribution in [1.29, 1.82) is 0 Å². The molecule has 200 valence electrons. The van der Waals surface area contributed by atoms with Gasteiger partial charge in [-0.3, -0.25) is 19.2 Å². The Bertz CT molecular complexity index is 1560. The maximum Gasteiger partial charge on any atom is 0.271 e. The number of aryl methyl sites for hydroxylation is 1. The van der Waals surface area contributed by atoms with E-state index in [2.05, 4.69) is 4.98 Å². The number of aromatic nitrogens is 1. The SMILES string of the molecule is Cc1cccc2[nH]c(C(=O)N3C[C@@H]4CCC[C@@H]4[C@H]3C(=O)N3C[C@]4(C[C@H]3C(N)=O)C(=O)Cc3ccccc34)cc12. The number of rotatable bonds is 3. The predicted molar refractivity (Wildman–Crippen MR) is 145 cm³/mol. The molecule has 1 saturated carbocycles. The van der Waals surface area contributed by atoms with Crippen molar-refractivity contribution in [2.24, 2.45) is 17.6 Å². The van der Waals surface area contributed by atoms with Crippen LogP contribution >= 0.6 is 0 Å². The second-order valence-corrected chi connectivity index (χ2v) is 11.9. The summed E-state index contributed by atoms with van der Waals surface area (Å²) in [4.78, 5) is 61.0. The van der Waals surface area contributed by atoms with E-state index in [1.807, 2.05) is 55.5 Å². The lowest BCUT2D eigenvalue weighted by Gasteiger charge is -2.33. The van der Waals surface area contributed by atoms with Crippen LogP contribution in [0.15, 0.2) is 48.5 Å². The third-order valence-electron chi connectivity index (χ3n) is 9.90. The van der Waals surface area contributed by atoms with E-state index in [4.69, 9.17) is 5.73 Å². The highest BCUT2D eigenvalue weighted by Crippen LogP contribution is 2.48. The Balaban J connectivity index is 1.25. The van der Waals surface area contributed by atoms with Crippen LogP contribution in [0.25, 0.3) is 10.9 Å². The molecule has 0 unspecified atom stereocenters. The fraction of sp³-hybridized carbons (Fsp3) is 0.419. The lowest BCUT2D eigenvalue weighted by atomic mass is 9.79. The number of ketones is 1. The standard InChI is InChI=1S/C31H32N4O4/c1-17-6-4-11-23-21(17)13-24(33-23)29(38)34-15-19-8-5-9-20(19)27(34)30(39)35-16-31(14-25(35)28(32)37)22-10-3-2-7-18(22)12-26(31)36/h2-4,6-7,10-11,13,19-20,25,27,33H,5,8-9,12,14-16H2,1H3,(H2,32,37)/t19-,20-,25-,27-,31-/m0/s1. The summed E-state index contributed by atoms with van der Waals surface area (Å²) in [6.07, 6.45) is 3.34. The van der Waals surface area contributed by atoms with Crippen molar-refractivity contribution in [3.63, 3.8) is 0 Å². The highest BCUT2D eigenvalue weighted by Gasteiger charge is 2.59. The number of amides is 3. The molecule has 3 fully saturated rings. The molecule has 8 nitrogen and oxygen atoms in total. The van der Waals surface area contributed by atoms with Crippen molar-refractivity contribution >= 4 is 34.4 Å². The Kier molecular flexibility index (Phi) is 5.28. The number of Topliss-reactive ketones (excluding diaryl/α,β-unsaturated/α-hetero) is 1. The van der Waals surface area contributed by atoms with Gasteiger partial charge >= 0.3 is 0 Å². The van der Waals surface area contributed by atoms with Gasteiger partial charge in [-0.1, -0.05) is 42.8 Å². The predicted octanol–water partition coefficient (Wildman–Crippen LogP) is 2.87. The number of aromatic amines is 1. The summed E-state index contributed by atoms with van der Waals surface area (Å²) < 4.78 is 0. The summed E-state index contributed by atoms with van der Waals surface area (Å²) in [5, 5.41) is 0.983. The van der Waals surface area contributed by atoms with Gasteiger partial charge in [-0.05, 0) is 66.8 Å². The molecule has 0 radical (unpaired) electrons. The number of nitrogens with one attached hydrogen (secondary N) is 1. The number of hydrogen-bond donors (Lipinski definition) is 2. The second-order valence-electron chi connectivity index (χ2n) is 11.9. The molecule has 8 heteroatoms. The summed E-state index contributed by atoms with van der Waals surface area (Å²) in [5.41, 5.74) is 9.19. The van der Waals surface area contributed by atoms with Gasteiger partial charge in [0.15, 0.2) is 0 Å². The van der Waals surface area contributed by atoms with Gasteiger partial charge in [0.2, 0.25) is 11.8 Å². The largest absolute Gasteiger partial charge is 0.368 e. The molecule has 7 rings (SSSR count). The molecule has 2 aliphatic heterocycles. The van der Waals surface area contributed by atoms with E-state index in [0.29, 0.717) is 18.7 Å². The van der Waals surface area contributed by atoms with Gasteiger partial charge < -0.3 is 20.5 Å². The van der Waals surface area contributed by atoms with E-state index in [9.17, 15) is 19.2 Å². The molecule has 3 amide bonds. The van der Waals surface area contributed by atoms with Crippen molar-refractivity contribution in [3.8, 4) is 0 Å². The van der Waals surface area contributed by atoms with Crippen LogP contribution in [-0.2, 0) is 26.2 Å². The monoisotopic (exact) mass is 524 g/mol. The third kappa shape index (κ3) is 3.43. The number of likely N-dealkylation sites (tertiary alicyclic amines) is 2. The number of benzene rings is 2. The molecule has 2 aromatic carbocycles. The van der Waals surface area contributed by atoms with Crippen LogP contribution < -0.4 is 5.73 Å². The number of carbonyl (C=O) groups is 4. The third-order valence-corrected chi connectivity index (χ3v) is 9.90. The minimum atomic E-state index is -0.927. The minimum absolute atomic E-state index is 0.0248. The van der Waals surface area contributed by atoms with Gasteiger partial charge in [-0.25, -0.2) is 0 Å². The van der Waals surface area contributed by atoms with Crippen LogP contribution in [0.2, 0.25) is 0 Å². The summed E-state index contributed by atoms with van der Waals surface area (Å²) in [6, 6.07) is 13.9. The number of H-pyrrole nitrogens is 1. The van der Waals surface area contributed by atoms with E-state index in [1.54, 1.807) is 4.90 Å². The molecule has 5 atom stereocenters. The smallest absolute Gasteiger partial charge is 0.271 e. The molecule has 3 heterocycles. The normalized spacial score (nSPS) is 29.4. The molecule has 1 aromatic heterocycles. The average molecular weight is 525 g/mol. The molecule has 39 heavy (non-hydrogen) atoms. The molecular formula is C31H32N4O4. The van der Waals surface area contributed by atoms with Crippen LogP contribution in [0.4, 0.5) is 0 Å². The highest BCUT2D eigenvalue weighted by molar-refractivity contribution is 6.03. The summed E-state index contributed by atoms with van der Waals surface area (Å²) >= 11 is 0. The van der Waals surface area contributed by atoms with E-state index < -0.39 is 23.4 Å². The Morgan fingerprint density at radius 1 is 1.05 bits per heavy atom. The Labute approximate surface area is 226 Å². The van der Waals surface area contributed by atoms with E-state index in [-0.39, 0.29) is 42.4 Å². The fourth-order valence-corrected chi connectivity index (χ4v) is 8.00. The number of hydrogen-bond acceptors (Lipinski definition) is 4. The molecule has 1 spiro atoms. The van der Waals surface area contributed by atoms with Crippen LogP contribution in [0.5, 0.6) is 0 Å². The maximum atomic E-state index is 14.4. The van der Waals surface area contributed by atoms with Crippen molar-refractivity contribution < 1.29 is 19.2 Å². The molecule has 0 bridgehead atoms. The van der Waals surface area contributed by atoms with Crippen LogP contribution in [0.1, 0.15) is 52.9 Å². The first-order valence-electron chi connectivity index (χ1n) is 13.9. The van der Waals surface area contributed by atoms with Gasteiger partial charge in [0.1, 0.15) is 23.6 Å². The van der Waals surface area contributed by atoms with Gasteiger partial charge in [0.25, 0.3) is 5.91 Å². The van der Waals surface area contributed by atoms with Crippen LogP contribution in [-0.4, -0.2) is 63.5 Å². The average Bonchev–Trinajstić information content (AvgIpc) is 3.72. The van der Waals surface area contributed by atoms with Gasteiger partial charge in [0.05, 0.1) is 5.41 Å². The molecule has 4 aliphatic rings. The number of primary amides is 1. The van der Waals surface area contributed by atoms with Crippen LogP contribution in [0, 0.1) is 18.8 Å². The summed E-state index contributed by atoms with van der Waals surface area (Å²) in [6.45, 7) is 2.64. The molecule has 3 aromatic rings. The summed E-state index contributed by atoms with van der Waals surface area (Å²) in [5.74, 6) is -0.775. The van der Waals surface area contributed by atoms with Crippen molar-refractivity contribution in [3.05, 3.63) is 70.9 Å². The van der Waals surface area contributed by atoms with Crippen molar-refractivity contribution in [1.82, 2.24) is 14.8 Å². The fourth-order valence-electron chi connectivity index (χ4n) is 8.00. The highest BCUT2D eigenvalue weighted by atomic mass is 16.2. The Morgan fingerprint density at radius 3 is 2.67 bits per heavy atom. The number of fused-ring (bicyclic) bond motifs is 4. The second kappa shape index (κ2) is 8.53. The Morgan fingerprint density at radius 2 is 1.87 bits per heavy atom. The van der Waals surface area contributed by atoms with Crippen molar-refractivity contribution in [2.75, 3.05) is 13.1 Å². The lowest BCUT2D eigenvalue weighted by molar-refractivity contribution is -0.141. The molecule has 2 saturated heterocycles.